The number of hydrogen-bond donors (Lipinski definition) is 1. The summed E-state index contributed by atoms with van der Waals surface area (Å²) >= 11 is 0. The van der Waals surface area contributed by atoms with E-state index >= 15 is 0 Å². The van der Waals surface area contributed by atoms with Crippen molar-refractivity contribution in [2.45, 2.75) is 26.2 Å². The van der Waals surface area contributed by atoms with Crippen LogP contribution in [-0.2, 0) is 0 Å². The van der Waals surface area contributed by atoms with Crippen LogP contribution in [0.5, 0.6) is 5.75 Å². The van der Waals surface area contributed by atoms with Gasteiger partial charge in [-0.05, 0) is 38.4 Å². The van der Waals surface area contributed by atoms with Crippen LogP contribution < -0.4 is 10.5 Å². The minimum absolute atomic E-state index is 0.162. The zero-order valence-corrected chi connectivity index (χ0v) is 9.74. The Morgan fingerprint density at radius 1 is 1.38 bits per heavy atom. The normalized spacial score (nSPS) is 10.1. The van der Waals surface area contributed by atoms with Crippen molar-refractivity contribution in [3.63, 3.8) is 0 Å². The summed E-state index contributed by atoms with van der Waals surface area (Å²) in [6, 6.07) is 7.34. The van der Waals surface area contributed by atoms with Gasteiger partial charge in [0, 0.05) is 12.0 Å². The molecule has 0 heterocycles. The third-order valence-electron chi connectivity index (χ3n) is 2.32. The molecule has 0 saturated heterocycles. The van der Waals surface area contributed by atoms with E-state index in [9.17, 15) is 4.79 Å². The summed E-state index contributed by atoms with van der Waals surface area (Å²) in [5.41, 5.74) is 6.11. The molecule has 0 aliphatic rings. The van der Waals surface area contributed by atoms with Gasteiger partial charge in [0.2, 0.25) is 0 Å². The Morgan fingerprint density at radius 3 is 2.88 bits per heavy atom. The Hall–Kier alpha value is -1.35. The maximum absolute atomic E-state index is 11.8. The molecule has 0 spiro atoms. The highest BCUT2D eigenvalue weighted by Crippen LogP contribution is 2.15. The second-order valence-corrected chi connectivity index (χ2v) is 3.63. The number of benzene rings is 1. The van der Waals surface area contributed by atoms with E-state index in [1.165, 1.54) is 0 Å². The molecule has 0 aliphatic heterocycles. The van der Waals surface area contributed by atoms with Crippen molar-refractivity contribution < 1.29 is 9.53 Å². The van der Waals surface area contributed by atoms with Crippen LogP contribution in [0.1, 0.15) is 36.5 Å². The van der Waals surface area contributed by atoms with Crippen molar-refractivity contribution in [1.82, 2.24) is 0 Å². The van der Waals surface area contributed by atoms with Gasteiger partial charge in [-0.15, -0.1) is 0 Å². The topological polar surface area (TPSA) is 52.3 Å². The maximum atomic E-state index is 11.8. The molecular weight excluding hydrogens is 202 g/mol. The monoisotopic (exact) mass is 221 g/mol. The fraction of sp³-hybridized carbons (Fsp3) is 0.462. The second kappa shape index (κ2) is 7.01. The number of hydrogen-bond acceptors (Lipinski definition) is 3. The predicted octanol–water partition coefficient (Wildman–Crippen LogP) is 2.40. The molecule has 0 radical (unpaired) electrons. The number of carbonyl (C=O) groups is 1. The van der Waals surface area contributed by atoms with Crippen molar-refractivity contribution >= 4 is 5.78 Å². The Morgan fingerprint density at radius 2 is 2.19 bits per heavy atom. The molecule has 0 bridgehead atoms. The summed E-state index contributed by atoms with van der Waals surface area (Å²) in [7, 11) is 0. The minimum Gasteiger partial charge on any atom is -0.494 e. The highest BCUT2D eigenvalue weighted by molar-refractivity contribution is 5.96. The summed E-state index contributed by atoms with van der Waals surface area (Å²) in [4.78, 5) is 11.8. The molecule has 0 unspecified atom stereocenters. The van der Waals surface area contributed by atoms with Gasteiger partial charge in [-0.1, -0.05) is 12.1 Å². The number of ketones is 1. The van der Waals surface area contributed by atoms with E-state index in [1.54, 1.807) is 6.07 Å². The summed E-state index contributed by atoms with van der Waals surface area (Å²) in [6.45, 7) is 3.19. The second-order valence-electron chi connectivity index (χ2n) is 3.63. The van der Waals surface area contributed by atoms with Crippen molar-refractivity contribution in [1.29, 1.82) is 0 Å². The molecule has 16 heavy (non-hydrogen) atoms. The number of Topliss-reactive ketones (excluding diaryl/α,β-unsaturated/α-hetero) is 1. The average molecular weight is 221 g/mol. The number of ether oxygens (including phenoxy) is 1. The van der Waals surface area contributed by atoms with Gasteiger partial charge in [0.15, 0.2) is 5.78 Å². The zero-order chi connectivity index (χ0) is 11.8. The summed E-state index contributed by atoms with van der Waals surface area (Å²) < 4.78 is 5.35. The van der Waals surface area contributed by atoms with Gasteiger partial charge in [-0.3, -0.25) is 4.79 Å². The van der Waals surface area contributed by atoms with Gasteiger partial charge in [-0.25, -0.2) is 0 Å². The third-order valence-corrected chi connectivity index (χ3v) is 2.32. The van der Waals surface area contributed by atoms with Crippen LogP contribution in [0.4, 0.5) is 0 Å². The molecule has 0 saturated carbocycles. The Bertz CT molecular complexity index is 336. The van der Waals surface area contributed by atoms with Gasteiger partial charge in [0.05, 0.1) is 6.61 Å². The fourth-order valence-electron chi connectivity index (χ4n) is 1.50. The van der Waals surface area contributed by atoms with E-state index < -0.39 is 0 Å². The highest BCUT2D eigenvalue weighted by atomic mass is 16.5. The van der Waals surface area contributed by atoms with Crippen molar-refractivity contribution in [2.75, 3.05) is 13.2 Å². The predicted molar refractivity (Wildman–Crippen MR) is 64.8 cm³/mol. The van der Waals surface area contributed by atoms with Crippen LogP contribution in [0.15, 0.2) is 24.3 Å². The maximum Gasteiger partial charge on any atom is 0.163 e. The van der Waals surface area contributed by atoms with Gasteiger partial charge in [-0.2, -0.15) is 0 Å². The van der Waals surface area contributed by atoms with Gasteiger partial charge in [0.1, 0.15) is 5.75 Å². The molecule has 0 amide bonds. The Kier molecular flexibility index (Phi) is 5.57. The quantitative estimate of drug-likeness (QED) is 0.568. The molecule has 0 atom stereocenters. The standard InChI is InChI=1S/C13H19NO2/c1-2-16-12-7-5-6-11(10-12)13(15)8-3-4-9-14/h5-7,10H,2-4,8-9,14H2,1H3. The van der Waals surface area contributed by atoms with E-state index in [-0.39, 0.29) is 5.78 Å². The lowest BCUT2D eigenvalue weighted by atomic mass is 10.1. The lowest BCUT2D eigenvalue weighted by molar-refractivity contribution is 0.0979. The van der Waals surface area contributed by atoms with Crippen molar-refractivity contribution in [3.8, 4) is 5.75 Å². The van der Waals surface area contributed by atoms with Crippen LogP contribution in [-0.4, -0.2) is 18.9 Å². The van der Waals surface area contributed by atoms with E-state index in [4.69, 9.17) is 10.5 Å². The van der Waals surface area contributed by atoms with Gasteiger partial charge in [0.25, 0.3) is 0 Å². The van der Waals surface area contributed by atoms with Crippen molar-refractivity contribution in [2.24, 2.45) is 5.73 Å². The van der Waals surface area contributed by atoms with E-state index in [2.05, 4.69) is 0 Å². The lowest BCUT2D eigenvalue weighted by Gasteiger charge is -2.05. The van der Waals surface area contributed by atoms with Crippen LogP contribution in [0, 0.1) is 0 Å². The Labute approximate surface area is 96.6 Å². The molecule has 0 aromatic heterocycles. The van der Waals surface area contributed by atoms with E-state index in [0.29, 0.717) is 19.6 Å². The summed E-state index contributed by atoms with van der Waals surface area (Å²) in [5, 5.41) is 0. The molecule has 0 aliphatic carbocycles. The molecule has 2 N–H and O–H groups in total. The molecule has 88 valence electrons. The first-order chi connectivity index (χ1) is 7.77. The average Bonchev–Trinajstić information content (AvgIpc) is 2.30. The molecule has 0 fully saturated rings. The fourth-order valence-corrected chi connectivity index (χ4v) is 1.50. The van der Waals surface area contributed by atoms with Crippen molar-refractivity contribution in [3.05, 3.63) is 29.8 Å². The van der Waals surface area contributed by atoms with Crippen LogP contribution in [0.2, 0.25) is 0 Å². The van der Waals surface area contributed by atoms with E-state index in [0.717, 1.165) is 24.2 Å². The van der Waals surface area contributed by atoms with Crippen LogP contribution in [0.3, 0.4) is 0 Å². The molecule has 1 aromatic rings. The number of nitrogens with two attached hydrogens (primary N) is 1. The van der Waals surface area contributed by atoms with Gasteiger partial charge < -0.3 is 10.5 Å². The first-order valence-corrected chi connectivity index (χ1v) is 5.74. The molecule has 3 nitrogen and oxygen atoms in total. The first-order valence-electron chi connectivity index (χ1n) is 5.74. The van der Waals surface area contributed by atoms with E-state index in [1.807, 2.05) is 25.1 Å². The minimum atomic E-state index is 0.162. The van der Waals surface area contributed by atoms with Crippen LogP contribution in [0.25, 0.3) is 0 Å². The number of carbonyl (C=O) groups excluding carboxylic acids is 1. The SMILES string of the molecule is CCOc1cccc(C(=O)CCCCN)c1. The molecular formula is C13H19NO2. The largest absolute Gasteiger partial charge is 0.494 e. The lowest BCUT2D eigenvalue weighted by Crippen LogP contribution is -2.03. The summed E-state index contributed by atoms with van der Waals surface area (Å²) in [5.74, 6) is 0.919. The van der Waals surface area contributed by atoms with Gasteiger partial charge >= 0.3 is 0 Å². The van der Waals surface area contributed by atoms with Crippen LogP contribution >= 0.6 is 0 Å². The molecule has 1 rings (SSSR count). The molecule has 3 heteroatoms. The molecule has 1 aromatic carbocycles. The Balaban J connectivity index is 2.57. The number of unbranched alkanes of at least 4 members (excludes halogenated alkanes) is 1. The first kappa shape index (κ1) is 12.7. The third kappa shape index (κ3) is 4.03. The highest BCUT2D eigenvalue weighted by Gasteiger charge is 2.06. The number of rotatable bonds is 7. The summed E-state index contributed by atoms with van der Waals surface area (Å²) in [6.07, 6.45) is 2.32. The smallest absolute Gasteiger partial charge is 0.163 e. The zero-order valence-electron chi connectivity index (χ0n) is 9.74.